The molecule has 0 spiro atoms. The average molecular weight is 324 g/mol. The van der Waals surface area contributed by atoms with Crippen molar-refractivity contribution in [3.05, 3.63) is 27.3 Å². The Balaban J connectivity index is 2.00. The summed E-state index contributed by atoms with van der Waals surface area (Å²) >= 11 is 1.61. The molecule has 120 valence electrons. The largest absolute Gasteiger partial charge is 0.377 e. The monoisotopic (exact) mass is 324 g/mol. The number of carbonyl (C=O) groups excluding carboxylic acids is 1. The van der Waals surface area contributed by atoms with Gasteiger partial charge in [-0.05, 0) is 20.8 Å². The van der Waals surface area contributed by atoms with E-state index in [9.17, 15) is 4.79 Å². The van der Waals surface area contributed by atoms with Crippen LogP contribution in [0.15, 0.2) is 4.52 Å². The number of aryl methyl sites for hydroxylation is 2. The van der Waals surface area contributed by atoms with Crippen LogP contribution in [0.1, 0.15) is 34.2 Å². The average Bonchev–Trinajstić information content (AvgIpc) is 3.03. The second kappa shape index (κ2) is 7.46. The van der Waals surface area contributed by atoms with E-state index in [0.29, 0.717) is 37.8 Å². The normalized spacial score (nSPS) is 10.9. The molecule has 22 heavy (non-hydrogen) atoms. The van der Waals surface area contributed by atoms with Crippen LogP contribution in [0, 0.1) is 13.8 Å². The van der Waals surface area contributed by atoms with E-state index >= 15 is 0 Å². The van der Waals surface area contributed by atoms with Gasteiger partial charge in [0.25, 0.3) is 0 Å². The van der Waals surface area contributed by atoms with Gasteiger partial charge in [-0.15, -0.1) is 11.3 Å². The van der Waals surface area contributed by atoms with Crippen molar-refractivity contribution in [3.8, 4) is 0 Å². The first-order chi connectivity index (χ1) is 10.5. The molecular weight excluding hydrogens is 304 g/mol. The van der Waals surface area contributed by atoms with E-state index in [-0.39, 0.29) is 5.91 Å². The van der Waals surface area contributed by atoms with E-state index in [4.69, 9.17) is 9.26 Å². The van der Waals surface area contributed by atoms with Crippen LogP contribution in [-0.2, 0) is 29.1 Å². The molecule has 0 radical (unpaired) electrons. The molecule has 0 bridgehead atoms. The molecule has 2 aromatic rings. The lowest BCUT2D eigenvalue weighted by atomic mass is 10.2. The summed E-state index contributed by atoms with van der Waals surface area (Å²) < 4.78 is 10.1. The Morgan fingerprint density at radius 2 is 2.14 bits per heavy atom. The van der Waals surface area contributed by atoms with Crippen molar-refractivity contribution in [2.75, 3.05) is 13.7 Å². The highest BCUT2D eigenvalue weighted by molar-refractivity contribution is 7.11. The maximum atomic E-state index is 12.4. The zero-order valence-electron chi connectivity index (χ0n) is 13.3. The summed E-state index contributed by atoms with van der Waals surface area (Å²) in [4.78, 5) is 23.8. The van der Waals surface area contributed by atoms with Gasteiger partial charge in [0.2, 0.25) is 11.8 Å². The molecule has 2 rings (SSSR count). The molecule has 1 amide bonds. The molecule has 0 aliphatic rings. The van der Waals surface area contributed by atoms with Crippen LogP contribution < -0.4 is 0 Å². The maximum absolute atomic E-state index is 12.4. The van der Waals surface area contributed by atoms with Gasteiger partial charge in [-0.3, -0.25) is 4.79 Å². The van der Waals surface area contributed by atoms with Gasteiger partial charge in [0.15, 0.2) is 5.82 Å². The Hall–Kier alpha value is -1.80. The molecule has 2 aromatic heterocycles. The first-order valence-electron chi connectivity index (χ1n) is 7.04. The Morgan fingerprint density at radius 3 is 2.73 bits per heavy atom. The number of amides is 1. The van der Waals surface area contributed by atoms with Gasteiger partial charge in [0.05, 0.1) is 23.7 Å². The highest BCUT2D eigenvalue weighted by Gasteiger charge is 2.18. The molecule has 0 aromatic carbocycles. The van der Waals surface area contributed by atoms with Crippen LogP contribution in [0.25, 0.3) is 0 Å². The van der Waals surface area contributed by atoms with Crippen molar-refractivity contribution in [2.45, 2.75) is 40.3 Å². The van der Waals surface area contributed by atoms with Gasteiger partial charge in [-0.25, -0.2) is 4.98 Å². The van der Waals surface area contributed by atoms with Gasteiger partial charge in [0, 0.05) is 18.5 Å². The first-order valence-corrected chi connectivity index (χ1v) is 7.86. The Labute approximate surface area is 133 Å². The predicted molar refractivity (Wildman–Crippen MR) is 81.4 cm³/mol. The highest BCUT2D eigenvalue weighted by atomic mass is 32.1. The van der Waals surface area contributed by atoms with E-state index in [1.807, 2.05) is 20.8 Å². The molecule has 0 aliphatic heterocycles. The number of thiazole rings is 1. The molecule has 0 atom stereocenters. The van der Waals surface area contributed by atoms with Gasteiger partial charge in [0.1, 0.15) is 6.61 Å². The van der Waals surface area contributed by atoms with Crippen molar-refractivity contribution in [3.63, 3.8) is 0 Å². The molecule has 0 unspecified atom stereocenters. The van der Waals surface area contributed by atoms with Crippen LogP contribution in [0.4, 0.5) is 0 Å². The van der Waals surface area contributed by atoms with Gasteiger partial charge in [-0.1, -0.05) is 5.16 Å². The Morgan fingerprint density at radius 1 is 1.36 bits per heavy atom. The fourth-order valence-corrected chi connectivity index (χ4v) is 2.91. The number of carbonyl (C=O) groups is 1. The SMILES string of the molecule is CCN(Cc1nc(COC)no1)C(=O)Cc1nc(C)sc1C. The summed E-state index contributed by atoms with van der Waals surface area (Å²) in [5.74, 6) is 0.891. The maximum Gasteiger partial charge on any atom is 0.246 e. The van der Waals surface area contributed by atoms with Crippen molar-refractivity contribution in [2.24, 2.45) is 0 Å². The zero-order chi connectivity index (χ0) is 16.1. The predicted octanol–water partition coefficient (Wildman–Crippen LogP) is 1.88. The standard InChI is InChI=1S/C14H20N4O3S/c1-5-18(7-13-16-12(8-20-4)17-21-13)14(19)6-11-9(2)22-10(3)15-11/h5-8H2,1-4H3. The van der Waals surface area contributed by atoms with Crippen molar-refractivity contribution in [1.29, 1.82) is 0 Å². The third-order valence-electron chi connectivity index (χ3n) is 3.16. The van der Waals surface area contributed by atoms with Crippen molar-refractivity contribution >= 4 is 17.2 Å². The summed E-state index contributed by atoms with van der Waals surface area (Å²) in [6.45, 7) is 7.01. The number of likely N-dealkylation sites (N-methyl/N-ethyl adjacent to an activating group) is 1. The minimum atomic E-state index is 0.00221. The lowest BCUT2D eigenvalue weighted by Crippen LogP contribution is -2.32. The number of rotatable bonds is 7. The van der Waals surface area contributed by atoms with E-state index in [2.05, 4.69) is 15.1 Å². The van der Waals surface area contributed by atoms with Crippen molar-refractivity contribution in [1.82, 2.24) is 20.0 Å². The fraction of sp³-hybridized carbons (Fsp3) is 0.571. The molecule has 0 N–H and O–H groups in total. The number of ether oxygens (including phenoxy) is 1. The minimum Gasteiger partial charge on any atom is -0.377 e. The van der Waals surface area contributed by atoms with Crippen LogP contribution in [0.2, 0.25) is 0 Å². The summed E-state index contributed by atoms with van der Waals surface area (Å²) in [7, 11) is 1.57. The molecular formula is C14H20N4O3S. The summed E-state index contributed by atoms with van der Waals surface area (Å²) in [6.07, 6.45) is 0.295. The fourth-order valence-electron chi connectivity index (χ4n) is 2.07. The number of aromatic nitrogens is 3. The quantitative estimate of drug-likeness (QED) is 0.773. The first kappa shape index (κ1) is 16.6. The summed E-state index contributed by atoms with van der Waals surface area (Å²) in [5.41, 5.74) is 0.844. The Bertz CT molecular complexity index is 638. The van der Waals surface area contributed by atoms with E-state index in [1.54, 1.807) is 23.3 Å². The highest BCUT2D eigenvalue weighted by Crippen LogP contribution is 2.17. The molecule has 2 heterocycles. The van der Waals surface area contributed by atoms with Crippen LogP contribution in [0.5, 0.6) is 0 Å². The zero-order valence-corrected chi connectivity index (χ0v) is 14.1. The van der Waals surface area contributed by atoms with E-state index in [0.717, 1.165) is 15.6 Å². The second-order valence-corrected chi connectivity index (χ2v) is 6.27. The molecule has 0 fully saturated rings. The van der Waals surface area contributed by atoms with Gasteiger partial charge in [-0.2, -0.15) is 4.98 Å². The van der Waals surface area contributed by atoms with E-state index < -0.39 is 0 Å². The number of hydrogen-bond acceptors (Lipinski definition) is 7. The topological polar surface area (TPSA) is 81.4 Å². The Kier molecular flexibility index (Phi) is 5.62. The smallest absolute Gasteiger partial charge is 0.246 e. The molecule has 8 heteroatoms. The number of hydrogen-bond donors (Lipinski definition) is 0. The minimum absolute atomic E-state index is 0.00221. The molecule has 7 nitrogen and oxygen atoms in total. The van der Waals surface area contributed by atoms with Gasteiger partial charge < -0.3 is 14.2 Å². The van der Waals surface area contributed by atoms with Crippen LogP contribution in [0.3, 0.4) is 0 Å². The molecule has 0 saturated carbocycles. The van der Waals surface area contributed by atoms with Crippen molar-refractivity contribution < 1.29 is 14.1 Å². The summed E-state index contributed by atoms with van der Waals surface area (Å²) in [5, 5.41) is 4.77. The third kappa shape index (κ3) is 4.11. The molecule has 0 saturated heterocycles. The van der Waals surface area contributed by atoms with E-state index in [1.165, 1.54) is 0 Å². The number of nitrogens with zero attached hydrogens (tertiary/aromatic N) is 4. The van der Waals surface area contributed by atoms with Crippen LogP contribution in [-0.4, -0.2) is 39.6 Å². The molecule has 0 aliphatic carbocycles. The third-order valence-corrected chi connectivity index (χ3v) is 4.09. The van der Waals surface area contributed by atoms with Crippen LogP contribution >= 0.6 is 11.3 Å². The van der Waals surface area contributed by atoms with Gasteiger partial charge >= 0.3 is 0 Å². The lowest BCUT2D eigenvalue weighted by Gasteiger charge is -2.18. The number of methoxy groups -OCH3 is 1. The summed E-state index contributed by atoms with van der Waals surface area (Å²) in [6, 6.07) is 0. The lowest BCUT2D eigenvalue weighted by molar-refractivity contribution is -0.131. The second-order valence-electron chi connectivity index (χ2n) is 4.86.